The summed E-state index contributed by atoms with van der Waals surface area (Å²) in [6.07, 6.45) is 5.95. The fourth-order valence-electron chi connectivity index (χ4n) is 2.60. The van der Waals surface area contributed by atoms with Crippen molar-refractivity contribution in [1.29, 1.82) is 0 Å². The zero-order valence-electron chi connectivity index (χ0n) is 14.3. The molecule has 0 unspecified atom stereocenters. The lowest BCUT2D eigenvalue weighted by atomic mass is 10.1. The van der Waals surface area contributed by atoms with Gasteiger partial charge >= 0.3 is 0 Å². The molecule has 0 atom stereocenters. The van der Waals surface area contributed by atoms with E-state index in [0.717, 1.165) is 37.0 Å². The highest BCUT2D eigenvalue weighted by atomic mass is 32.2. The maximum absolute atomic E-state index is 12.2. The van der Waals surface area contributed by atoms with Gasteiger partial charge in [0, 0.05) is 5.56 Å². The molecular formula is C17H25N3O3S. The molecule has 0 saturated heterocycles. The summed E-state index contributed by atoms with van der Waals surface area (Å²) in [6.45, 7) is 3.96. The molecule has 132 valence electrons. The number of rotatable bonds is 9. The quantitative estimate of drug-likeness (QED) is 0.678. The van der Waals surface area contributed by atoms with Gasteiger partial charge in [0.2, 0.25) is 10.0 Å². The summed E-state index contributed by atoms with van der Waals surface area (Å²) in [4.78, 5) is 19.4. The van der Waals surface area contributed by atoms with E-state index in [-0.39, 0.29) is 5.75 Å². The summed E-state index contributed by atoms with van der Waals surface area (Å²) >= 11 is 0. The number of unbranched alkanes of at least 4 members (excludes halogenated alkanes) is 5. The van der Waals surface area contributed by atoms with Gasteiger partial charge in [0.05, 0.1) is 16.8 Å². The Morgan fingerprint density at radius 2 is 1.88 bits per heavy atom. The Balaban J connectivity index is 1.89. The zero-order valence-corrected chi connectivity index (χ0v) is 15.1. The first-order valence-corrected chi connectivity index (χ1v) is 10.1. The topological polar surface area (TPSA) is 91.9 Å². The molecule has 2 rings (SSSR count). The Labute approximate surface area is 143 Å². The van der Waals surface area contributed by atoms with Crippen LogP contribution in [0, 0.1) is 6.92 Å². The van der Waals surface area contributed by atoms with Crippen molar-refractivity contribution >= 4 is 27.0 Å². The average molecular weight is 351 g/mol. The fourth-order valence-corrected chi connectivity index (χ4v) is 3.69. The number of nitrogens with zero attached hydrogens (tertiary/aromatic N) is 1. The Morgan fingerprint density at radius 3 is 2.62 bits per heavy atom. The lowest BCUT2D eigenvalue weighted by Crippen LogP contribution is -2.32. The summed E-state index contributed by atoms with van der Waals surface area (Å²) in [5, 5.41) is 0. The van der Waals surface area contributed by atoms with Crippen LogP contribution in [0.5, 0.6) is 0 Å². The first-order chi connectivity index (χ1) is 11.4. The van der Waals surface area contributed by atoms with Crippen LogP contribution in [0.2, 0.25) is 0 Å². The summed E-state index contributed by atoms with van der Waals surface area (Å²) in [5.41, 5.74) is 1.77. The van der Waals surface area contributed by atoms with E-state index in [0.29, 0.717) is 17.5 Å². The van der Waals surface area contributed by atoms with Gasteiger partial charge in [-0.15, -0.1) is 0 Å². The number of aryl methyl sites for hydroxylation is 1. The molecule has 6 nitrogen and oxygen atoms in total. The van der Waals surface area contributed by atoms with E-state index in [1.54, 1.807) is 18.2 Å². The van der Waals surface area contributed by atoms with E-state index in [9.17, 15) is 13.2 Å². The summed E-state index contributed by atoms with van der Waals surface area (Å²) in [5.74, 6) is 0.129. The van der Waals surface area contributed by atoms with E-state index in [1.165, 1.54) is 6.42 Å². The third kappa shape index (κ3) is 5.33. The third-order valence-corrected chi connectivity index (χ3v) is 5.20. The number of aromatic amines is 1. The second-order valence-corrected chi connectivity index (χ2v) is 7.91. The Morgan fingerprint density at radius 1 is 1.17 bits per heavy atom. The van der Waals surface area contributed by atoms with Crippen LogP contribution >= 0.6 is 0 Å². The number of hydrogen-bond donors (Lipinski definition) is 2. The van der Waals surface area contributed by atoms with Crippen LogP contribution in [0.3, 0.4) is 0 Å². The number of amides is 1. The minimum Gasteiger partial charge on any atom is -0.342 e. The molecule has 2 N–H and O–H groups in total. The Kier molecular flexibility index (Phi) is 6.36. The van der Waals surface area contributed by atoms with E-state index in [2.05, 4.69) is 21.6 Å². The van der Waals surface area contributed by atoms with E-state index < -0.39 is 15.9 Å². The van der Waals surface area contributed by atoms with Crippen molar-refractivity contribution in [2.45, 2.75) is 52.4 Å². The van der Waals surface area contributed by atoms with E-state index >= 15 is 0 Å². The molecule has 1 aromatic carbocycles. The molecule has 0 radical (unpaired) electrons. The van der Waals surface area contributed by atoms with Crippen LogP contribution in [-0.4, -0.2) is 30.0 Å². The molecular weight excluding hydrogens is 326 g/mol. The maximum atomic E-state index is 12.2. The SMILES string of the molecule is CCCCCCCCS(=O)(=O)NC(=O)c1ccc2nc(C)[nH]c2c1. The van der Waals surface area contributed by atoms with Crippen molar-refractivity contribution < 1.29 is 13.2 Å². The minimum absolute atomic E-state index is 0.0176. The number of nitrogens with one attached hydrogen (secondary N) is 2. The number of imidazole rings is 1. The Bertz CT molecular complexity index is 797. The van der Waals surface area contributed by atoms with Crippen molar-refractivity contribution in [2.75, 3.05) is 5.75 Å². The lowest BCUT2D eigenvalue weighted by molar-refractivity contribution is 0.0981. The van der Waals surface area contributed by atoms with Gasteiger partial charge in [0.25, 0.3) is 5.91 Å². The van der Waals surface area contributed by atoms with Gasteiger partial charge in [-0.25, -0.2) is 18.1 Å². The molecule has 1 heterocycles. The molecule has 1 amide bonds. The Hall–Kier alpha value is -1.89. The van der Waals surface area contributed by atoms with Crippen molar-refractivity contribution in [3.05, 3.63) is 29.6 Å². The number of sulfonamides is 1. The second kappa shape index (κ2) is 8.28. The molecule has 7 heteroatoms. The van der Waals surface area contributed by atoms with Crippen molar-refractivity contribution in [3.8, 4) is 0 Å². The maximum Gasteiger partial charge on any atom is 0.264 e. The number of fused-ring (bicyclic) bond motifs is 1. The van der Waals surface area contributed by atoms with Crippen molar-refractivity contribution in [2.24, 2.45) is 0 Å². The van der Waals surface area contributed by atoms with Crippen LogP contribution < -0.4 is 4.72 Å². The highest BCUT2D eigenvalue weighted by molar-refractivity contribution is 7.90. The molecule has 0 spiro atoms. The van der Waals surface area contributed by atoms with Crippen LogP contribution in [0.25, 0.3) is 11.0 Å². The number of hydrogen-bond acceptors (Lipinski definition) is 4. The highest BCUT2D eigenvalue weighted by Gasteiger charge is 2.16. The van der Waals surface area contributed by atoms with Crippen molar-refractivity contribution in [1.82, 2.24) is 14.7 Å². The predicted octanol–water partition coefficient (Wildman–Crippen LogP) is 3.29. The molecule has 0 aliphatic carbocycles. The van der Waals surface area contributed by atoms with E-state index in [4.69, 9.17) is 0 Å². The summed E-state index contributed by atoms with van der Waals surface area (Å²) in [7, 11) is -3.60. The molecule has 0 aliphatic heterocycles. The first-order valence-electron chi connectivity index (χ1n) is 8.42. The normalized spacial score (nSPS) is 11.8. The lowest BCUT2D eigenvalue weighted by Gasteiger charge is -2.07. The van der Waals surface area contributed by atoms with Crippen LogP contribution in [0.15, 0.2) is 18.2 Å². The summed E-state index contributed by atoms with van der Waals surface area (Å²) in [6, 6.07) is 4.90. The van der Waals surface area contributed by atoms with Crippen LogP contribution in [0.4, 0.5) is 0 Å². The van der Waals surface area contributed by atoms with E-state index in [1.807, 2.05) is 6.92 Å². The largest absolute Gasteiger partial charge is 0.342 e. The van der Waals surface area contributed by atoms with Gasteiger partial charge in [-0.1, -0.05) is 39.0 Å². The number of carbonyl (C=O) groups is 1. The van der Waals surface area contributed by atoms with Gasteiger partial charge in [-0.2, -0.15) is 0 Å². The standard InChI is InChI=1S/C17H25N3O3S/c1-3-4-5-6-7-8-11-24(22,23)20-17(21)14-9-10-15-16(12-14)19-13(2)18-15/h9-10,12H,3-8,11H2,1-2H3,(H,18,19)(H,20,21). The van der Waals surface area contributed by atoms with Crippen LogP contribution in [0.1, 0.15) is 61.6 Å². The van der Waals surface area contributed by atoms with Gasteiger partial charge in [-0.3, -0.25) is 4.79 Å². The third-order valence-electron chi connectivity index (χ3n) is 3.88. The number of H-pyrrole nitrogens is 1. The van der Waals surface area contributed by atoms with Gasteiger partial charge in [-0.05, 0) is 31.5 Å². The molecule has 0 bridgehead atoms. The molecule has 0 aliphatic rings. The number of carbonyl (C=O) groups excluding carboxylic acids is 1. The smallest absolute Gasteiger partial charge is 0.264 e. The number of benzene rings is 1. The van der Waals surface area contributed by atoms with Gasteiger partial charge in [0.1, 0.15) is 5.82 Å². The average Bonchev–Trinajstić information content (AvgIpc) is 2.89. The first kappa shape index (κ1) is 18.4. The molecule has 0 saturated carbocycles. The second-order valence-electron chi connectivity index (χ2n) is 6.07. The zero-order chi connectivity index (χ0) is 17.6. The molecule has 2 aromatic rings. The highest BCUT2D eigenvalue weighted by Crippen LogP contribution is 2.14. The van der Waals surface area contributed by atoms with Gasteiger partial charge in [0.15, 0.2) is 0 Å². The van der Waals surface area contributed by atoms with Crippen LogP contribution in [-0.2, 0) is 10.0 Å². The number of aromatic nitrogens is 2. The monoisotopic (exact) mass is 351 g/mol. The van der Waals surface area contributed by atoms with Crippen molar-refractivity contribution in [3.63, 3.8) is 0 Å². The molecule has 1 aromatic heterocycles. The minimum atomic E-state index is -3.60. The summed E-state index contributed by atoms with van der Waals surface area (Å²) < 4.78 is 26.2. The fraction of sp³-hybridized carbons (Fsp3) is 0.529. The molecule has 0 fully saturated rings. The molecule has 24 heavy (non-hydrogen) atoms. The predicted molar refractivity (Wildman–Crippen MR) is 95.5 cm³/mol. The van der Waals surface area contributed by atoms with Gasteiger partial charge < -0.3 is 4.98 Å².